The van der Waals surface area contributed by atoms with E-state index in [2.05, 4.69) is 10.2 Å². The lowest BCUT2D eigenvalue weighted by molar-refractivity contribution is 1.03. The van der Waals surface area contributed by atoms with Crippen molar-refractivity contribution >= 4 is 23.2 Å². The fourth-order valence-electron chi connectivity index (χ4n) is 1.22. The Kier molecular flexibility index (Phi) is 3.04. The summed E-state index contributed by atoms with van der Waals surface area (Å²) < 4.78 is 0. The molecule has 0 atom stereocenters. The molecule has 0 saturated carbocycles. The Hall–Kier alpha value is -1.63. The van der Waals surface area contributed by atoms with Crippen molar-refractivity contribution in [2.24, 2.45) is 0 Å². The summed E-state index contributed by atoms with van der Waals surface area (Å²) in [5, 5.41) is 17.2. The molecule has 1 aromatic carbocycles. The summed E-state index contributed by atoms with van der Waals surface area (Å²) in [6.07, 6.45) is 0. The minimum absolute atomic E-state index is 0.111. The van der Waals surface area contributed by atoms with Crippen LogP contribution in [0.15, 0.2) is 30.3 Å². The first kappa shape index (κ1) is 10.9. The van der Waals surface area contributed by atoms with Gasteiger partial charge in [-0.25, -0.2) is 0 Å². The zero-order valence-corrected chi connectivity index (χ0v) is 9.50. The maximum Gasteiger partial charge on any atom is 0.169 e. The number of halogens is 2. The van der Waals surface area contributed by atoms with Crippen molar-refractivity contribution < 1.29 is 0 Å². The highest BCUT2D eigenvalue weighted by Crippen LogP contribution is 2.21. The van der Waals surface area contributed by atoms with Crippen molar-refractivity contribution in [1.29, 1.82) is 5.26 Å². The maximum atomic E-state index is 8.81. The molecule has 16 heavy (non-hydrogen) atoms. The molecule has 0 amide bonds. The number of benzene rings is 1. The van der Waals surface area contributed by atoms with Gasteiger partial charge in [-0.2, -0.15) is 5.26 Å². The number of nitrogens with zero attached hydrogens (tertiary/aromatic N) is 3. The normalized spacial score (nSPS) is 9.81. The Morgan fingerprint density at radius 1 is 1.06 bits per heavy atom. The highest BCUT2D eigenvalue weighted by Gasteiger charge is 2.06. The molecular formula is C11H5Cl2N3. The molecule has 78 valence electrons. The van der Waals surface area contributed by atoms with Crippen LogP contribution in [0.2, 0.25) is 10.2 Å². The second-order valence-electron chi connectivity index (χ2n) is 3.05. The van der Waals surface area contributed by atoms with Gasteiger partial charge in [-0.05, 0) is 18.2 Å². The molecule has 0 aliphatic carbocycles. The summed E-state index contributed by atoms with van der Waals surface area (Å²) in [6.45, 7) is 0. The van der Waals surface area contributed by atoms with Crippen LogP contribution in [0.25, 0.3) is 11.3 Å². The second kappa shape index (κ2) is 4.48. The predicted octanol–water partition coefficient (Wildman–Crippen LogP) is 3.32. The third-order valence-corrected chi connectivity index (χ3v) is 2.54. The summed E-state index contributed by atoms with van der Waals surface area (Å²) in [5.41, 5.74) is 1.74. The average Bonchev–Trinajstić information content (AvgIpc) is 2.31. The van der Waals surface area contributed by atoms with E-state index in [9.17, 15) is 0 Å². The van der Waals surface area contributed by atoms with Crippen LogP contribution in [0.4, 0.5) is 0 Å². The minimum atomic E-state index is 0.111. The average molecular weight is 250 g/mol. The minimum Gasteiger partial charge on any atom is -0.192 e. The van der Waals surface area contributed by atoms with E-state index in [1.54, 1.807) is 30.3 Å². The summed E-state index contributed by atoms with van der Waals surface area (Å²) in [6, 6.07) is 10.7. The van der Waals surface area contributed by atoms with Crippen LogP contribution in [0, 0.1) is 11.3 Å². The van der Waals surface area contributed by atoms with E-state index in [1.807, 2.05) is 6.07 Å². The maximum absolute atomic E-state index is 8.81. The third kappa shape index (κ3) is 2.13. The van der Waals surface area contributed by atoms with Crippen LogP contribution in [0.1, 0.15) is 5.56 Å². The van der Waals surface area contributed by atoms with E-state index >= 15 is 0 Å². The van der Waals surface area contributed by atoms with Gasteiger partial charge in [0.05, 0.1) is 11.3 Å². The molecule has 0 radical (unpaired) electrons. The van der Waals surface area contributed by atoms with Gasteiger partial charge in [0.15, 0.2) is 5.15 Å². The second-order valence-corrected chi connectivity index (χ2v) is 3.85. The molecule has 5 heteroatoms. The first-order chi connectivity index (χ1) is 7.70. The van der Waals surface area contributed by atoms with Crippen molar-refractivity contribution in [3.63, 3.8) is 0 Å². The molecule has 0 aliphatic rings. The summed E-state index contributed by atoms with van der Waals surface area (Å²) in [7, 11) is 0. The van der Waals surface area contributed by atoms with Gasteiger partial charge in [-0.1, -0.05) is 35.3 Å². The van der Waals surface area contributed by atoms with E-state index in [-0.39, 0.29) is 5.15 Å². The number of nitriles is 1. The molecule has 2 aromatic rings. The SMILES string of the molecule is N#Cc1cc(-c2ccc(Cl)cc2)nnc1Cl. The molecule has 0 N–H and O–H groups in total. The van der Waals surface area contributed by atoms with Crippen molar-refractivity contribution in [2.75, 3.05) is 0 Å². The van der Waals surface area contributed by atoms with Gasteiger partial charge in [-0.3, -0.25) is 0 Å². The predicted molar refractivity (Wildman–Crippen MR) is 62.2 cm³/mol. The Morgan fingerprint density at radius 2 is 1.75 bits per heavy atom. The Morgan fingerprint density at radius 3 is 2.38 bits per heavy atom. The highest BCUT2D eigenvalue weighted by molar-refractivity contribution is 6.30. The largest absolute Gasteiger partial charge is 0.192 e. The lowest BCUT2D eigenvalue weighted by atomic mass is 10.1. The summed E-state index contributed by atoms with van der Waals surface area (Å²) >= 11 is 11.5. The van der Waals surface area contributed by atoms with Gasteiger partial charge in [-0.15, -0.1) is 10.2 Å². The molecular weight excluding hydrogens is 245 g/mol. The van der Waals surface area contributed by atoms with Gasteiger partial charge in [0.25, 0.3) is 0 Å². The zero-order chi connectivity index (χ0) is 11.5. The van der Waals surface area contributed by atoms with Gasteiger partial charge in [0.1, 0.15) is 6.07 Å². The van der Waals surface area contributed by atoms with Crippen molar-refractivity contribution in [2.45, 2.75) is 0 Å². The standard InChI is InChI=1S/C11H5Cl2N3/c12-9-3-1-7(2-4-9)10-5-8(6-14)11(13)16-15-10/h1-5H. The molecule has 1 aromatic heterocycles. The molecule has 0 bridgehead atoms. The summed E-state index contributed by atoms with van der Waals surface area (Å²) in [5.74, 6) is 0. The smallest absolute Gasteiger partial charge is 0.169 e. The fourth-order valence-corrected chi connectivity index (χ4v) is 1.48. The van der Waals surface area contributed by atoms with E-state index in [1.165, 1.54) is 0 Å². The number of aromatic nitrogens is 2. The van der Waals surface area contributed by atoms with Crippen LogP contribution < -0.4 is 0 Å². The monoisotopic (exact) mass is 249 g/mol. The molecule has 2 rings (SSSR count). The zero-order valence-electron chi connectivity index (χ0n) is 7.98. The molecule has 0 saturated heterocycles. The Balaban J connectivity index is 2.49. The van der Waals surface area contributed by atoms with Gasteiger partial charge >= 0.3 is 0 Å². The van der Waals surface area contributed by atoms with E-state index in [0.29, 0.717) is 16.3 Å². The number of hydrogen-bond donors (Lipinski definition) is 0. The topological polar surface area (TPSA) is 49.6 Å². The molecule has 0 aliphatic heterocycles. The first-order valence-electron chi connectivity index (χ1n) is 4.40. The number of hydrogen-bond acceptors (Lipinski definition) is 3. The van der Waals surface area contributed by atoms with Gasteiger partial charge in [0, 0.05) is 10.6 Å². The van der Waals surface area contributed by atoms with Crippen LogP contribution in [0.5, 0.6) is 0 Å². The first-order valence-corrected chi connectivity index (χ1v) is 5.15. The molecule has 0 spiro atoms. The van der Waals surface area contributed by atoms with E-state index < -0.39 is 0 Å². The van der Waals surface area contributed by atoms with Crippen LogP contribution >= 0.6 is 23.2 Å². The van der Waals surface area contributed by atoms with Gasteiger partial charge < -0.3 is 0 Å². The van der Waals surface area contributed by atoms with Gasteiger partial charge in [0.2, 0.25) is 0 Å². The number of rotatable bonds is 1. The Labute approximate surface area is 102 Å². The highest BCUT2D eigenvalue weighted by atomic mass is 35.5. The van der Waals surface area contributed by atoms with E-state index in [0.717, 1.165) is 5.56 Å². The molecule has 3 nitrogen and oxygen atoms in total. The van der Waals surface area contributed by atoms with Crippen LogP contribution in [-0.2, 0) is 0 Å². The molecule has 0 unspecified atom stereocenters. The molecule has 1 heterocycles. The van der Waals surface area contributed by atoms with Crippen molar-refractivity contribution in [3.8, 4) is 17.3 Å². The Bertz CT molecular complexity index is 558. The lowest BCUT2D eigenvalue weighted by Gasteiger charge is -2.01. The third-order valence-electron chi connectivity index (χ3n) is 2.01. The van der Waals surface area contributed by atoms with Crippen molar-refractivity contribution in [1.82, 2.24) is 10.2 Å². The van der Waals surface area contributed by atoms with Crippen LogP contribution in [0.3, 0.4) is 0 Å². The van der Waals surface area contributed by atoms with E-state index in [4.69, 9.17) is 28.5 Å². The lowest BCUT2D eigenvalue weighted by Crippen LogP contribution is -1.91. The van der Waals surface area contributed by atoms with Crippen molar-refractivity contribution in [3.05, 3.63) is 46.1 Å². The quantitative estimate of drug-likeness (QED) is 0.779. The molecule has 0 fully saturated rings. The fraction of sp³-hybridized carbons (Fsp3) is 0. The van der Waals surface area contributed by atoms with Crippen LogP contribution in [-0.4, -0.2) is 10.2 Å². The summed E-state index contributed by atoms with van der Waals surface area (Å²) in [4.78, 5) is 0.